The summed E-state index contributed by atoms with van der Waals surface area (Å²) in [6.45, 7) is 4.08. The van der Waals surface area contributed by atoms with Gasteiger partial charge in [0.25, 0.3) is 5.91 Å². The lowest BCUT2D eigenvalue weighted by Gasteiger charge is -2.27. The molecule has 31 heavy (non-hydrogen) atoms. The summed E-state index contributed by atoms with van der Waals surface area (Å²) in [6.07, 6.45) is 0.415. The molecule has 154 valence electrons. The van der Waals surface area contributed by atoms with Crippen LogP contribution in [-0.4, -0.2) is 12.1 Å². The summed E-state index contributed by atoms with van der Waals surface area (Å²) in [5, 5.41) is 6.87. The second kappa shape index (κ2) is 9.29. The van der Waals surface area contributed by atoms with Crippen molar-refractivity contribution in [3.05, 3.63) is 120 Å². The standard InChI is InChI=1S/C28H26NOP/c1-22-13-12-14-23(2)28(22)29-27(30)21-31(24-15-6-3-7-16-24,25-17-8-4-9-18-25)26-19-10-5-11-20-26/h3-20H,21H2,1-2H3/p+1. The number of para-hydroxylation sites is 1. The summed E-state index contributed by atoms with van der Waals surface area (Å²) in [5.41, 5.74) is 3.08. The Morgan fingerprint density at radius 3 is 1.39 bits per heavy atom. The molecule has 0 aliphatic carbocycles. The van der Waals surface area contributed by atoms with E-state index in [-0.39, 0.29) is 5.91 Å². The van der Waals surface area contributed by atoms with E-state index in [4.69, 9.17) is 0 Å². The number of carbonyl (C=O) groups is 1. The fraction of sp³-hybridized carbons (Fsp3) is 0.107. The largest absolute Gasteiger partial charge is 0.322 e. The lowest BCUT2D eigenvalue weighted by Crippen LogP contribution is -2.37. The van der Waals surface area contributed by atoms with Crippen LogP contribution in [0.4, 0.5) is 5.69 Å². The second-order valence-electron chi connectivity index (χ2n) is 7.79. The van der Waals surface area contributed by atoms with Crippen LogP contribution in [0.1, 0.15) is 11.1 Å². The van der Waals surface area contributed by atoms with Crippen molar-refractivity contribution >= 4 is 34.8 Å². The third-order valence-corrected chi connectivity index (χ3v) is 10.0. The van der Waals surface area contributed by atoms with E-state index < -0.39 is 7.26 Å². The molecule has 0 saturated carbocycles. The smallest absolute Gasteiger partial charge is 0.263 e. The monoisotopic (exact) mass is 424 g/mol. The van der Waals surface area contributed by atoms with Gasteiger partial charge in [-0.3, -0.25) is 4.79 Å². The quantitative estimate of drug-likeness (QED) is 0.422. The van der Waals surface area contributed by atoms with Gasteiger partial charge >= 0.3 is 0 Å². The first kappa shape index (κ1) is 21.0. The lowest BCUT2D eigenvalue weighted by atomic mass is 10.1. The van der Waals surface area contributed by atoms with Gasteiger partial charge < -0.3 is 5.32 Å². The molecule has 0 spiro atoms. The van der Waals surface area contributed by atoms with Crippen LogP contribution in [0.5, 0.6) is 0 Å². The van der Waals surface area contributed by atoms with Gasteiger partial charge in [-0.05, 0) is 61.4 Å². The second-order valence-corrected chi connectivity index (χ2v) is 11.3. The number of anilines is 1. The normalized spacial score (nSPS) is 11.2. The molecular formula is C28H27NOP+. The summed E-state index contributed by atoms with van der Waals surface area (Å²) in [6, 6.07) is 37.6. The third-order valence-electron chi connectivity index (χ3n) is 5.72. The molecule has 0 fully saturated rings. The Balaban J connectivity index is 1.85. The van der Waals surface area contributed by atoms with Crippen molar-refractivity contribution < 1.29 is 4.79 Å². The SMILES string of the molecule is Cc1cccc(C)c1NC(=O)C[P+](c1ccccc1)(c1ccccc1)c1ccccc1. The predicted octanol–water partition coefficient (Wildman–Crippen LogP) is 5.24. The molecule has 2 nitrogen and oxygen atoms in total. The van der Waals surface area contributed by atoms with E-state index in [2.05, 4.69) is 78.1 Å². The highest BCUT2D eigenvalue weighted by Gasteiger charge is 2.47. The highest BCUT2D eigenvalue weighted by Crippen LogP contribution is 2.55. The van der Waals surface area contributed by atoms with Crippen molar-refractivity contribution in [3.8, 4) is 0 Å². The molecule has 4 aromatic rings. The van der Waals surface area contributed by atoms with Gasteiger partial charge in [-0.2, -0.15) is 0 Å². The first-order valence-corrected chi connectivity index (χ1v) is 12.5. The Kier molecular flexibility index (Phi) is 6.30. The molecule has 0 bridgehead atoms. The minimum absolute atomic E-state index is 0.0438. The molecule has 0 aromatic heterocycles. The van der Waals surface area contributed by atoms with Crippen molar-refractivity contribution in [2.75, 3.05) is 11.5 Å². The molecule has 3 heteroatoms. The summed E-state index contributed by atoms with van der Waals surface area (Å²) in [7, 11) is -2.19. The van der Waals surface area contributed by atoms with Crippen molar-refractivity contribution in [2.24, 2.45) is 0 Å². The number of amides is 1. The molecule has 0 radical (unpaired) electrons. The maximum atomic E-state index is 13.6. The Morgan fingerprint density at radius 1 is 0.613 bits per heavy atom. The average molecular weight is 425 g/mol. The molecule has 4 aromatic carbocycles. The van der Waals surface area contributed by atoms with Crippen LogP contribution in [0.15, 0.2) is 109 Å². The van der Waals surface area contributed by atoms with Gasteiger partial charge in [-0.15, -0.1) is 0 Å². The number of carbonyl (C=O) groups excluding carboxylic acids is 1. The minimum Gasteiger partial charge on any atom is -0.322 e. The van der Waals surface area contributed by atoms with Gasteiger partial charge in [0.15, 0.2) is 6.16 Å². The summed E-state index contributed by atoms with van der Waals surface area (Å²) in [4.78, 5) is 13.6. The number of aryl methyl sites for hydroxylation is 2. The number of rotatable bonds is 6. The highest BCUT2D eigenvalue weighted by molar-refractivity contribution is 7.96. The zero-order valence-corrected chi connectivity index (χ0v) is 18.8. The molecule has 0 unspecified atom stereocenters. The Labute approximate surface area is 185 Å². The van der Waals surface area contributed by atoms with E-state index in [1.165, 1.54) is 15.9 Å². The van der Waals surface area contributed by atoms with E-state index >= 15 is 0 Å². The van der Waals surface area contributed by atoms with Crippen LogP contribution in [0.3, 0.4) is 0 Å². The maximum absolute atomic E-state index is 13.6. The van der Waals surface area contributed by atoms with Crippen molar-refractivity contribution in [1.82, 2.24) is 0 Å². The number of nitrogens with one attached hydrogen (secondary N) is 1. The third kappa shape index (κ3) is 4.31. The van der Waals surface area contributed by atoms with Gasteiger partial charge in [0.05, 0.1) is 0 Å². The van der Waals surface area contributed by atoms with Gasteiger partial charge in [0.1, 0.15) is 23.2 Å². The Morgan fingerprint density at radius 2 is 1.00 bits per heavy atom. The van der Waals surface area contributed by atoms with E-state index in [0.717, 1.165) is 16.8 Å². The van der Waals surface area contributed by atoms with Crippen LogP contribution in [-0.2, 0) is 4.79 Å². The number of benzene rings is 4. The van der Waals surface area contributed by atoms with Crippen LogP contribution >= 0.6 is 7.26 Å². The first-order chi connectivity index (χ1) is 15.1. The lowest BCUT2D eigenvalue weighted by molar-refractivity contribution is -0.113. The minimum atomic E-state index is -2.19. The molecular weight excluding hydrogens is 397 g/mol. The molecule has 1 N–H and O–H groups in total. The van der Waals surface area contributed by atoms with Crippen molar-refractivity contribution in [2.45, 2.75) is 13.8 Å². The maximum Gasteiger partial charge on any atom is 0.263 e. The molecule has 0 heterocycles. The zero-order valence-electron chi connectivity index (χ0n) is 18.0. The van der Waals surface area contributed by atoms with Gasteiger partial charge in [0, 0.05) is 5.69 Å². The van der Waals surface area contributed by atoms with Gasteiger partial charge in [0.2, 0.25) is 0 Å². The summed E-state index contributed by atoms with van der Waals surface area (Å²) in [5.74, 6) is 0.0438. The first-order valence-electron chi connectivity index (χ1n) is 10.5. The van der Waals surface area contributed by atoms with Crippen LogP contribution in [0, 0.1) is 13.8 Å². The zero-order chi connectivity index (χ0) is 21.7. The molecule has 4 rings (SSSR count). The van der Waals surface area contributed by atoms with Crippen LogP contribution in [0.25, 0.3) is 0 Å². The number of hydrogen-bond acceptors (Lipinski definition) is 1. The van der Waals surface area contributed by atoms with Crippen LogP contribution in [0.2, 0.25) is 0 Å². The van der Waals surface area contributed by atoms with Crippen molar-refractivity contribution in [1.29, 1.82) is 0 Å². The fourth-order valence-electron chi connectivity index (χ4n) is 4.17. The van der Waals surface area contributed by atoms with E-state index in [1.807, 2.05) is 50.2 Å². The molecule has 0 aliphatic rings. The van der Waals surface area contributed by atoms with E-state index in [9.17, 15) is 4.79 Å². The highest BCUT2D eigenvalue weighted by atomic mass is 31.2. The van der Waals surface area contributed by atoms with E-state index in [1.54, 1.807) is 0 Å². The van der Waals surface area contributed by atoms with Crippen LogP contribution < -0.4 is 21.2 Å². The summed E-state index contributed by atoms with van der Waals surface area (Å²) < 4.78 is 0. The average Bonchev–Trinajstić information content (AvgIpc) is 2.82. The van der Waals surface area contributed by atoms with Gasteiger partial charge in [-0.1, -0.05) is 72.8 Å². The molecule has 0 aliphatic heterocycles. The fourth-order valence-corrected chi connectivity index (χ4v) is 8.17. The predicted molar refractivity (Wildman–Crippen MR) is 135 cm³/mol. The van der Waals surface area contributed by atoms with E-state index in [0.29, 0.717) is 6.16 Å². The molecule has 0 saturated heterocycles. The number of hydrogen-bond donors (Lipinski definition) is 1. The van der Waals surface area contributed by atoms with Gasteiger partial charge in [-0.25, -0.2) is 0 Å². The molecule has 1 amide bonds. The molecule has 0 atom stereocenters. The van der Waals surface area contributed by atoms with Crippen molar-refractivity contribution in [3.63, 3.8) is 0 Å². The Bertz CT molecular complexity index is 1040. The topological polar surface area (TPSA) is 29.1 Å². The Hall–Kier alpha value is -3.22. The summed E-state index contributed by atoms with van der Waals surface area (Å²) >= 11 is 0.